The number of benzene rings is 1. The topological polar surface area (TPSA) is 79.9 Å². The highest BCUT2D eigenvalue weighted by Gasteiger charge is 2.30. The lowest BCUT2D eigenvalue weighted by Gasteiger charge is -2.23. The lowest BCUT2D eigenvalue weighted by Crippen LogP contribution is -2.41. The zero-order valence-corrected chi connectivity index (χ0v) is 14.2. The summed E-state index contributed by atoms with van der Waals surface area (Å²) in [4.78, 5) is 4.09. The second-order valence-corrected chi connectivity index (χ2v) is 6.31. The average Bonchev–Trinajstić information content (AvgIpc) is 3.06. The fraction of sp³-hybridized carbons (Fsp3) is 0.312. The molecular formula is C16H18F3N3O2S. The van der Waals surface area contributed by atoms with E-state index in [1.54, 1.807) is 6.92 Å². The molecule has 9 heteroatoms. The van der Waals surface area contributed by atoms with Gasteiger partial charge in [-0.25, -0.2) is 4.99 Å². The molecule has 0 saturated carbocycles. The number of nitrogens with zero attached hydrogens (tertiary/aromatic N) is 1. The Morgan fingerprint density at radius 2 is 1.96 bits per heavy atom. The Bertz CT molecular complexity index is 698. The number of thiophene rings is 1. The summed E-state index contributed by atoms with van der Waals surface area (Å²) in [5.74, 6) is -0.163. The molecule has 0 aliphatic heterocycles. The van der Waals surface area contributed by atoms with Crippen LogP contribution in [0.1, 0.15) is 18.1 Å². The van der Waals surface area contributed by atoms with Crippen molar-refractivity contribution >= 4 is 17.3 Å². The van der Waals surface area contributed by atoms with Crippen molar-refractivity contribution in [3.63, 3.8) is 0 Å². The molecule has 136 valence electrons. The largest absolute Gasteiger partial charge is 0.573 e. The molecule has 0 spiro atoms. The van der Waals surface area contributed by atoms with Crippen LogP contribution in [0.15, 0.2) is 46.1 Å². The molecule has 4 N–H and O–H groups in total. The fourth-order valence-electron chi connectivity index (χ4n) is 1.96. The molecule has 1 heterocycles. The van der Waals surface area contributed by atoms with Gasteiger partial charge in [0, 0.05) is 0 Å². The summed E-state index contributed by atoms with van der Waals surface area (Å²) in [6, 6.07) is 7.19. The van der Waals surface area contributed by atoms with Crippen molar-refractivity contribution < 1.29 is 23.0 Å². The Kier molecular flexibility index (Phi) is 5.91. The van der Waals surface area contributed by atoms with E-state index >= 15 is 0 Å². The molecule has 0 radical (unpaired) electrons. The molecule has 1 unspecified atom stereocenters. The van der Waals surface area contributed by atoms with Gasteiger partial charge < -0.3 is 20.9 Å². The first-order chi connectivity index (χ1) is 11.7. The number of halogens is 3. The number of hydrogen-bond acceptors (Lipinski definition) is 4. The molecule has 5 nitrogen and oxygen atoms in total. The zero-order valence-electron chi connectivity index (χ0n) is 13.4. The monoisotopic (exact) mass is 373 g/mol. The lowest BCUT2D eigenvalue weighted by molar-refractivity contribution is -0.274. The maximum absolute atomic E-state index is 12.1. The third kappa shape index (κ3) is 6.28. The van der Waals surface area contributed by atoms with Crippen LogP contribution in [-0.4, -0.2) is 24.0 Å². The minimum absolute atomic E-state index is 0.131. The molecule has 0 bridgehead atoms. The second kappa shape index (κ2) is 7.75. The SMILES string of the molecule is CC(O)(CNC(N)=NCc1ccc(OC(F)(F)F)cc1)c1ccsc1. The third-order valence-corrected chi connectivity index (χ3v) is 4.03. The van der Waals surface area contributed by atoms with E-state index in [2.05, 4.69) is 15.0 Å². The maximum Gasteiger partial charge on any atom is 0.573 e. The van der Waals surface area contributed by atoms with Gasteiger partial charge in [0.25, 0.3) is 0 Å². The Hall–Kier alpha value is -2.26. The number of aliphatic imine (C=N–C) groups is 1. The molecule has 0 fully saturated rings. The number of guanidine groups is 1. The number of alkyl halides is 3. The van der Waals surface area contributed by atoms with Gasteiger partial charge in [0.1, 0.15) is 11.4 Å². The first-order valence-corrected chi connectivity index (χ1v) is 8.23. The molecule has 1 atom stereocenters. The molecule has 2 rings (SSSR count). The Morgan fingerprint density at radius 1 is 1.28 bits per heavy atom. The van der Waals surface area contributed by atoms with Crippen molar-refractivity contribution in [1.29, 1.82) is 0 Å². The second-order valence-electron chi connectivity index (χ2n) is 5.53. The highest BCUT2D eigenvalue weighted by atomic mass is 32.1. The molecule has 2 aromatic rings. The van der Waals surface area contributed by atoms with Gasteiger partial charge in [-0.3, -0.25) is 0 Å². The first kappa shape index (κ1) is 19.1. The molecule has 0 aliphatic carbocycles. The smallest absolute Gasteiger partial charge is 0.406 e. The van der Waals surface area contributed by atoms with Crippen LogP contribution in [0.25, 0.3) is 0 Å². The maximum atomic E-state index is 12.1. The van der Waals surface area contributed by atoms with E-state index in [9.17, 15) is 18.3 Å². The van der Waals surface area contributed by atoms with Crippen molar-refractivity contribution in [2.75, 3.05) is 6.54 Å². The highest BCUT2D eigenvalue weighted by Crippen LogP contribution is 2.23. The summed E-state index contributed by atoms with van der Waals surface area (Å²) in [5, 5.41) is 16.9. The highest BCUT2D eigenvalue weighted by molar-refractivity contribution is 7.08. The van der Waals surface area contributed by atoms with Crippen molar-refractivity contribution in [3.8, 4) is 5.75 Å². The van der Waals surface area contributed by atoms with Gasteiger partial charge >= 0.3 is 6.36 Å². The van der Waals surface area contributed by atoms with Crippen LogP contribution in [0.5, 0.6) is 5.75 Å². The molecular weight excluding hydrogens is 355 g/mol. The summed E-state index contributed by atoms with van der Waals surface area (Å²) >= 11 is 1.48. The van der Waals surface area contributed by atoms with Gasteiger partial charge in [-0.2, -0.15) is 11.3 Å². The minimum atomic E-state index is -4.71. The quantitative estimate of drug-likeness (QED) is 0.537. The van der Waals surface area contributed by atoms with E-state index in [-0.39, 0.29) is 24.8 Å². The molecule has 1 aromatic heterocycles. The number of nitrogens with one attached hydrogen (secondary N) is 1. The number of nitrogens with two attached hydrogens (primary N) is 1. The number of aliphatic hydroxyl groups is 1. The van der Waals surface area contributed by atoms with E-state index in [0.29, 0.717) is 5.56 Å². The minimum Gasteiger partial charge on any atom is -0.406 e. The third-order valence-electron chi connectivity index (χ3n) is 3.35. The van der Waals surface area contributed by atoms with Crippen molar-refractivity contribution in [2.45, 2.75) is 25.4 Å². The van der Waals surface area contributed by atoms with Crippen LogP contribution in [0.4, 0.5) is 13.2 Å². The van der Waals surface area contributed by atoms with Crippen molar-refractivity contribution in [3.05, 3.63) is 52.2 Å². The molecule has 0 aliphatic rings. The van der Waals surface area contributed by atoms with E-state index in [0.717, 1.165) is 5.56 Å². The average molecular weight is 373 g/mol. The van der Waals surface area contributed by atoms with Gasteiger partial charge in [-0.15, -0.1) is 13.2 Å². The van der Waals surface area contributed by atoms with Crippen LogP contribution >= 0.6 is 11.3 Å². The van der Waals surface area contributed by atoms with Crippen molar-refractivity contribution in [1.82, 2.24) is 5.32 Å². The molecule has 25 heavy (non-hydrogen) atoms. The van der Waals surface area contributed by atoms with E-state index < -0.39 is 12.0 Å². The summed E-state index contributed by atoms with van der Waals surface area (Å²) in [7, 11) is 0. The van der Waals surface area contributed by atoms with E-state index in [4.69, 9.17) is 5.73 Å². The standard InChI is InChI=1S/C16H18F3N3O2S/c1-15(23,12-6-7-25-9-12)10-22-14(20)21-8-11-2-4-13(5-3-11)24-16(17,18)19/h2-7,9,23H,8,10H2,1H3,(H3,20,21,22). The van der Waals surface area contributed by atoms with Gasteiger partial charge in [-0.05, 0) is 47.0 Å². The Balaban J connectivity index is 1.86. The summed E-state index contributed by atoms with van der Waals surface area (Å²) in [5.41, 5.74) is 6.11. The van der Waals surface area contributed by atoms with E-state index in [1.165, 1.54) is 35.6 Å². The Morgan fingerprint density at radius 3 is 2.52 bits per heavy atom. The first-order valence-electron chi connectivity index (χ1n) is 7.29. The van der Waals surface area contributed by atoms with Gasteiger partial charge in [0.15, 0.2) is 5.96 Å². The van der Waals surface area contributed by atoms with Gasteiger partial charge in [0.05, 0.1) is 13.1 Å². The molecule has 0 amide bonds. The van der Waals surface area contributed by atoms with Crippen LogP contribution in [0.3, 0.4) is 0 Å². The number of ether oxygens (including phenoxy) is 1. The molecule has 0 saturated heterocycles. The zero-order chi connectivity index (χ0) is 18.5. The van der Waals surface area contributed by atoms with Crippen molar-refractivity contribution in [2.24, 2.45) is 10.7 Å². The predicted molar refractivity (Wildman–Crippen MR) is 90.3 cm³/mol. The normalized spacial score (nSPS) is 14.8. The van der Waals surface area contributed by atoms with Crippen LogP contribution in [0, 0.1) is 0 Å². The van der Waals surface area contributed by atoms with Crippen LogP contribution < -0.4 is 15.8 Å². The van der Waals surface area contributed by atoms with Crippen LogP contribution in [0.2, 0.25) is 0 Å². The van der Waals surface area contributed by atoms with Crippen LogP contribution in [-0.2, 0) is 12.1 Å². The fourth-order valence-corrected chi connectivity index (χ4v) is 2.75. The summed E-state index contributed by atoms with van der Waals surface area (Å²) in [6.45, 7) is 2.03. The summed E-state index contributed by atoms with van der Waals surface area (Å²) in [6.07, 6.45) is -4.71. The number of rotatable bonds is 6. The lowest BCUT2D eigenvalue weighted by atomic mass is 9.99. The van der Waals surface area contributed by atoms with Gasteiger partial charge in [0.2, 0.25) is 0 Å². The molecule has 1 aromatic carbocycles. The van der Waals surface area contributed by atoms with Gasteiger partial charge in [-0.1, -0.05) is 12.1 Å². The van der Waals surface area contributed by atoms with E-state index in [1.807, 2.05) is 16.8 Å². The number of hydrogen-bond donors (Lipinski definition) is 3. The predicted octanol–water partition coefficient (Wildman–Crippen LogP) is 2.96. The Labute approximate surface area is 147 Å². The summed E-state index contributed by atoms with van der Waals surface area (Å²) < 4.78 is 40.1.